The molecule has 0 bridgehead atoms. The molecule has 1 rings (SSSR count). The molecule has 3 heteroatoms. The van der Waals surface area contributed by atoms with E-state index in [1.54, 1.807) is 0 Å². The fourth-order valence-electron chi connectivity index (χ4n) is 0.736. The minimum Gasteiger partial charge on any atom is -0.326 e. The number of halogens is 1. The summed E-state index contributed by atoms with van der Waals surface area (Å²) in [6.07, 6.45) is 0. The fraction of sp³-hybridized carbons (Fsp3) is 0.125. The molecular formula is C8H8FNO. The molecular weight excluding hydrogens is 144 g/mol. The van der Waals surface area contributed by atoms with Crippen molar-refractivity contribution in [1.29, 1.82) is 0 Å². The van der Waals surface area contributed by atoms with E-state index in [1.165, 1.54) is 31.2 Å². The Morgan fingerprint density at radius 1 is 1.36 bits per heavy atom. The van der Waals surface area contributed by atoms with E-state index in [-0.39, 0.29) is 11.7 Å². The maximum Gasteiger partial charge on any atom is 0.221 e. The lowest BCUT2D eigenvalue weighted by Crippen LogP contribution is -2.05. The number of hydrogen-bond donors (Lipinski definition) is 1. The third kappa shape index (κ3) is 2.37. The predicted octanol–water partition coefficient (Wildman–Crippen LogP) is 1.78. The highest BCUT2D eigenvalue weighted by Crippen LogP contribution is 2.07. The highest BCUT2D eigenvalue weighted by Gasteiger charge is 1.93. The van der Waals surface area contributed by atoms with Crippen LogP contribution in [0.5, 0.6) is 0 Å². The number of hydrogen-bond acceptors (Lipinski definition) is 1. The molecule has 58 valence electrons. The highest BCUT2D eigenvalue weighted by atomic mass is 18.2. The van der Waals surface area contributed by atoms with Gasteiger partial charge in [0.15, 0.2) is 0 Å². The van der Waals surface area contributed by atoms with Crippen LogP contribution in [0.25, 0.3) is 0 Å². The molecule has 0 radical (unpaired) electrons. The molecule has 0 atom stereocenters. The Morgan fingerprint density at radius 2 is 1.91 bits per heavy atom. The molecule has 11 heavy (non-hydrogen) atoms. The minimum absolute atomic E-state index is 0.156. The second-order valence-electron chi connectivity index (χ2n) is 2.19. The third-order valence-electron chi connectivity index (χ3n) is 1.16. The number of nitrogens with one attached hydrogen (secondary N) is 1. The summed E-state index contributed by atoms with van der Waals surface area (Å²) >= 11 is 0. The van der Waals surface area contributed by atoms with Crippen LogP contribution in [0.3, 0.4) is 0 Å². The van der Waals surface area contributed by atoms with E-state index >= 15 is 0 Å². The Labute approximate surface area is 64.0 Å². The van der Waals surface area contributed by atoms with Gasteiger partial charge in [0.25, 0.3) is 0 Å². The monoisotopic (exact) mass is 152 g/mol. The first-order valence-electron chi connectivity index (χ1n) is 3.21. The average Bonchev–Trinajstić information content (AvgIpc) is 1.93. The smallest absolute Gasteiger partial charge is 0.221 e. The number of anilines is 1. The largest absolute Gasteiger partial charge is 0.326 e. The quantitative estimate of drug-likeness (QED) is 0.653. The predicted molar refractivity (Wildman–Crippen MR) is 40.7 cm³/mol. The van der Waals surface area contributed by atoms with Crippen LogP contribution in [0.4, 0.5) is 10.1 Å². The van der Waals surface area contributed by atoms with Crippen molar-refractivity contribution in [2.24, 2.45) is 0 Å². The molecule has 0 heterocycles. The highest BCUT2D eigenvalue weighted by molar-refractivity contribution is 5.88. The van der Waals surface area contributed by atoms with Crippen molar-refractivity contribution in [1.82, 2.24) is 0 Å². The Bertz CT molecular complexity index is 255. The molecule has 1 aromatic carbocycles. The Balaban J connectivity index is 2.74. The summed E-state index contributed by atoms with van der Waals surface area (Å²) in [6, 6.07) is 5.62. The second-order valence-corrected chi connectivity index (χ2v) is 2.19. The van der Waals surface area contributed by atoms with Gasteiger partial charge in [-0.2, -0.15) is 0 Å². The maximum atomic E-state index is 12.3. The van der Waals surface area contributed by atoms with Crippen molar-refractivity contribution in [3.05, 3.63) is 30.1 Å². The zero-order valence-electron chi connectivity index (χ0n) is 6.10. The van der Waals surface area contributed by atoms with E-state index in [0.29, 0.717) is 5.69 Å². The summed E-state index contributed by atoms with van der Waals surface area (Å²) in [5, 5.41) is 2.53. The summed E-state index contributed by atoms with van der Waals surface area (Å²) in [5.74, 6) is -0.462. The molecule has 1 amide bonds. The number of carbonyl (C=O) groups excluding carboxylic acids is 1. The first-order valence-corrected chi connectivity index (χ1v) is 3.21. The van der Waals surface area contributed by atoms with Crippen molar-refractivity contribution in [2.45, 2.75) is 6.92 Å². The van der Waals surface area contributed by atoms with Gasteiger partial charge < -0.3 is 5.32 Å². The normalized spacial score (nSPS) is 9.27. The Kier molecular flexibility index (Phi) is 2.21. The lowest BCUT2D eigenvalue weighted by atomic mass is 10.3. The van der Waals surface area contributed by atoms with Crippen LogP contribution in [0.15, 0.2) is 24.3 Å². The zero-order valence-corrected chi connectivity index (χ0v) is 6.10. The van der Waals surface area contributed by atoms with Crippen molar-refractivity contribution >= 4 is 11.6 Å². The molecule has 0 aliphatic carbocycles. The van der Waals surface area contributed by atoms with Gasteiger partial charge in [-0.3, -0.25) is 4.79 Å². The van der Waals surface area contributed by atoms with E-state index in [2.05, 4.69) is 5.32 Å². The van der Waals surface area contributed by atoms with Gasteiger partial charge in [-0.15, -0.1) is 0 Å². The lowest BCUT2D eigenvalue weighted by molar-refractivity contribution is -0.114. The molecule has 1 aromatic rings. The molecule has 0 aromatic heterocycles. The minimum atomic E-state index is -0.306. The molecule has 0 fully saturated rings. The lowest BCUT2D eigenvalue weighted by Gasteiger charge is -1.99. The van der Waals surface area contributed by atoms with Crippen LogP contribution in [0.1, 0.15) is 6.92 Å². The molecule has 0 unspecified atom stereocenters. The Hall–Kier alpha value is -1.38. The molecule has 1 N–H and O–H groups in total. The molecule has 0 spiro atoms. The van der Waals surface area contributed by atoms with Gasteiger partial charge in [-0.1, -0.05) is 0 Å². The van der Waals surface area contributed by atoms with Crippen molar-refractivity contribution < 1.29 is 9.18 Å². The van der Waals surface area contributed by atoms with Crippen LogP contribution in [-0.2, 0) is 4.79 Å². The number of amides is 1. The summed E-state index contributed by atoms with van der Waals surface area (Å²) in [6.45, 7) is 1.41. The first-order chi connectivity index (χ1) is 5.18. The third-order valence-corrected chi connectivity index (χ3v) is 1.16. The van der Waals surface area contributed by atoms with E-state index in [1.807, 2.05) is 0 Å². The topological polar surface area (TPSA) is 29.1 Å². The van der Waals surface area contributed by atoms with Gasteiger partial charge >= 0.3 is 0 Å². The van der Waals surface area contributed by atoms with Crippen LogP contribution >= 0.6 is 0 Å². The summed E-state index contributed by atoms with van der Waals surface area (Å²) in [7, 11) is 0. The van der Waals surface area contributed by atoms with Crippen molar-refractivity contribution in [2.75, 3.05) is 5.32 Å². The summed E-state index contributed by atoms with van der Waals surface area (Å²) in [5.41, 5.74) is 0.610. The van der Waals surface area contributed by atoms with Gasteiger partial charge in [-0.25, -0.2) is 4.39 Å². The first kappa shape index (κ1) is 7.72. The van der Waals surface area contributed by atoms with Gasteiger partial charge in [0.2, 0.25) is 5.91 Å². The van der Waals surface area contributed by atoms with E-state index in [4.69, 9.17) is 0 Å². The molecule has 0 aliphatic heterocycles. The van der Waals surface area contributed by atoms with E-state index in [9.17, 15) is 9.18 Å². The van der Waals surface area contributed by atoms with Gasteiger partial charge in [-0.05, 0) is 24.3 Å². The Morgan fingerprint density at radius 3 is 2.36 bits per heavy atom. The molecule has 0 saturated heterocycles. The molecule has 0 aliphatic rings. The van der Waals surface area contributed by atoms with E-state index in [0.717, 1.165) is 0 Å². The standard InChI is InChI=1S/C8H8FNO/c1-6(11)10-8-4-2-7(9)3-5-8/h2-5H,1H3,(H,10,11)/i9-1. The molecule has 2 nitrogen and oxygen atoms in total. The van der Waals surface area contributed by atoms with Gasteiger partial charge in [0.1, 0.15) is 5.82 Å². The fourth-order valence-corrected chi connectivity index (χ4v) is 0.736. The summed E-state index contributed by atoms with van der Waals surface area (Å²) in [4.78, 5) is 10.5. The van der Waals surface area contributed by atoms with Crippen LogP contribution < -0.4 is 5.32 Å². The SMILES string of the molecule is CC(=O)Nc1ccc([18F])cc1. The van der Waals surface area contributed by atoms with E-state index < -0.39 is 0 Å². The second kappa shape index (κ2) is 3.14. The summed E-state index contributed by atoms with van der Waals surface area (Å²) < 4.78 is 12.3. The average molecular weight is 152 g/mol. The number of carbonyl (C=O) groups is 1. The maximum absolute atomic E-state index is 12.3. The van der Waals surface area contributed by atoms with Gasteiger partial charge in [0, 0.05) is 12.6 Å². The zero-order chi connectivity index (χ0) is 8.27. The number of rotatable bonds is 1. The van der Waals surface area contributed by atoms with Crippen molar-refractivity contribution in [3.63, 3.8) is 0 Å². The molecule has 0 saturated carbocycles. The van der Waals surface area contributed by atoms with Crippen LogP contribution in [0.2, 0.25) is 0 Å². The number of benzene rings is 1. The van der Waals surface area contributed by atoms with Gasteiger partial charge in [0.05, 0.1) is 0 Å². The van der Waals surface area contributed by atoms with Crippen LogP contribution in [-0.4, -0.2) is 5.91 Å². The van der Waals surface area contributed by atoms with Crippen LogP contribution in [0, 0.1) is 5.82 Å². The van der Waals surface area contributed by atoms with Crippen molar-refractivity contribution in [3.8, 4) is 0 Å².